The van der Waals surface area contributed by atoms with Crippen LogP contribution >= 0.6 is 11.6 Å². The standard InChI is InChI=1S/C16H17ClN2O2/c17-14-13-3-10-20-15(13)11(12-2-9-21-16(12)14)1-6-19-7-4-18-5-8-19/h2-3,9-10,18H,1,4-8H2. The summed E-state index contributed by atoms with van der Waals surface area (Å²) in [5, 5.41) is 6.03. The Morgan fingerprint density at radius 2 is 1.76 bits per heavy atom. The van der Waals surface area contributed by atoms with Crippen LogP contribution in [0.15, 0.2) is 33.5 Å². The van der Waals surface area contributed by atoms with Gasteiger partial charge in [-0.25, -0.2) is 0 Å². The second kappa shape index (κ2) is 5.37. The molecular formula is C16H17ClN2O2. The molecule has 0 spiro atoms. The summed E-state index contributed by atoms with van der Waals surface area (Å²) in [5.41, 5.74) is 2.85. The Balaban J connectivity index is 1.73. The lowest BCUT2D eigenvalue weighted by Gasteiger charge is -2.27. The minimum atomic E-state index is 0.643. The van der Waals surface area contributed by atoms with Gasteiger partial charge in [0, 0.05) is 49.1 Å². The normalized spacial score (nSPS) is 17.0. The Morgan fingerprint density at radius 3 is 2.57 bits per heavy atom. The van der Waals surface area contributed by atoms with Gasteiger partial charge in [0.05, 0.1) is 17.5 Å². The van der Waals surface area contributed by atoms with E-state index in [1.807, 2.05) is 12.1 Å². The van der Waals surface area contributed by atoms with Crippen molar-refractivity contribution in [2.45, 2.75) is 6.42 Å². The summed E-state index contributed by atoms with van der Waals surface area (Å²) in [6.45, 7) is 5.36. The summed E-state index contributed by atoms with van der Waals surface area (Å²) in [4.78, 5) is 2.48. The van der Waals surface area contributed by atoms with Gasteiger partial charge < -0.3 is 19.1 Å². The van der Waals surface area contributed by atoms with E-state index in [1.165, 1.54) is 5.56 Å². The molecule has 0 unspecified atom stereocenters. The van der Waals surface area contributed by atoms with Crippen molar-refractivity contribution in [1.82, 2.24) is 10.2 Å². The molecule has 0 atom stereocenters. The van der Waals surface area contributed by atoms with Gasteiger partial charge in [0.25, 0.3) is 0 Å². The molecule has 0 amide bonds. The van der Waals surface area contributed by atoms with Crippen LogP contribution in [0.25, 0.3) is 21.9 Å². The van der Waals surface area contributed by atoms with Gasteiger partial charge in [0.2, 0.25) is 0 Å². The Bertz CT molecular complexity index is 719. The fraction of sp³-hybridized carbons (Fsp3) is 0.375. The van der Waals surface area contributed by atoms with E-state index in [4.69, 9.17) is 20.4 Å². The Hall–Kier alpha value is -1.49. The molecule has 0 radical (unpaired) electrons. The zero-order valence-corrected chi connectivity index (χ0v) is 12.4. The van der Waals surface area contributed by atoms with Gasteiger partial charge in [0.1, 0.15) is 5.58 Å². The van der Waals surface area contributed by atoms with Gasteiger partial charge in [-0.15, -0.1) is 0 Å². The van der Waals surface area contributed by atoms with E-state index in [1.54, 1.807) is 12.5 Å². The monoisotopic (exact) mass is 304 g/mol. The van der Waals surface area contributed by atoms with Crippen LogP contribution in [-0.4, -0.2) is 37.6 Å². The predicted octanol–water partition coefficient (Wildman–Crippen LogP) is 3.28. The summed E-state index contributed by atoms with van der Waals surface area (Å²) in [7, 11) is 0. The fourth-order valence-corrected chi connectivity index (χ4v) is 3.43. The van der Waals surface area contributed by atoms with Crippen molar-refractivity contribution < 1.29 is 8.83 Å². The fourth-order valence-electron chi connectivity index (χ4n) is 3.13. The lowest BCUT2D eigenvalue weighted by molar-refractivity contribution is 0.244. The number of nitrogens with one attached hydrogen (secondary N) is 1. The van der Waals surface area contributed by atoms with Gasteiger partial charge in [-0.2, -0.15) is 0 Å². The molecule has 1 fully saturated rings. The number of nitrogens with zero attached hydrogens (tertiary/aromatic N) is 1. The molecule has 1 N–H and O–H groups in total. The third-order valence-corrected chi connectivity index (χ3v) is 4.63. The summed E-state index contributed by atoms with van der Waals surface area (Å²) >= 11 is 6.41. The number of fused-ring (bicyclic) bond motifs is 2. The third-order valence-electron chi connectivity index (χ3n) is 4.25. The molecule has 0 bridgehead atoms. The van der Waals surface area contributed by atoms with Crippen molar-refractivity contribution in [3.63, 3.8) is 0 Å². The molecule has 4 rings (SSSR count). The zero-order valence-electron chi connectivity index (χ0n) is 11.7. The molecule has 1 saturated heterocycles. The van der Waals surface area contributed by atoms with Crippen molar-refractivity contribution in [3.8, 4) is 0 Å². The SMILES string of the molecule is Clc1c2ccoc2c(CCN2CCNCC2)c2ccoc12. The van der Waals surface area contributed by atoms with E-state index in [0.29, 0.717) is 5.02 Å². The summed E-state index contributed by atoms with van der Waals surface area (Å²) in [5.74, 6) is 0. The van der Waals surface area contributed by atoms with Crippen LogP contribution in [0.1, 0.15) is 5.56 Å². The smallest absolute Gasteiger partial charge is 0.153 e. The highest BCUT2D eigenvalue weighted by Gasteiger charge is 2.18. The van der Waals surface area contributed by atoms with Crippen LogP contribution in [0.2, 0.25) is 5.02 Å². The van der Waals surface area contributed by atoms with Crippen molar-refractivity contribution in [2.24, 2.45) is 0 Å². The number of piperazine rings is 1. The first-order chi connectivity index (χ1) is 10.3. The largest absolute Gasteiger partial charge is 0.464 e. The zero-order chi connectivity index (χ0) is 14.2. The highest BCUT2D eigenvalue weighted by molar-refractivity contribution is 6.40. The van der Waals surface area contributed by atoms with Crippen LogP contribution in [0.4, 0.5) is 0 Å². The van der Waals surface area contributed by atoms with Crippen molar-refractivity contribution >= 4 is 33.5 Å². The quantitative estimate of drug-likeness (QED) is 0.806. The minimum absolute atomic E-state index is 0.643. The first-order valence-corrected chi connectivity index (χ1v) is 7.70. The van der Waals surface area contributed by atoms with Gasteiger partial charge in [-0.05, 0) is 18.6 Å². The lowest BCUT2D eigenvalue weighted by Crippen LogP contribution is -2.44. The van der Waals surface area contributed by atoms with Gasteiger partial charge >= 0.3 is 0 Å². The molecule has 5 heteroatoms. The maximum Gasteiger partial charge on any atom is 0.153 e. The van der Waals surface area contributed by atoms with Crippen molar-refractivity contribution in [2.75, 3.05) is 32.7 Å². The molecule has 3 aromatic rings. The van der Waals surface area contributed by atoms with Crippen LogP contribution in [0.3, 0.4) is 0 Å². The molecule has 3 heterocycles. The summed E-state index contributed by atoms with van der Waals surface area (Å²) in [6, 6.07) is 3.89. The molecule has 1 aromatic carbocycles. The van der Waals surface area contributed by atoms with Crippen LogP contribution < -0.4 is 5.32 Å². The molecular weight excluding hydrogens is 288 g/mol. The van der Waals surface area contributed by atoms with E-state index in [9.17, 15) is 0 Å². The van der Waals surface area contributed by atoms with Crippen molar-refractivity contribution in [3.05, 3.63) is 35.2 Å². The van der Waals surface area contributed by atoms with Crippen molar-refractivity contribution in [1.29, 1.82) is 0 Å². The second-order valence-electron chi connectivity index (χ2n) is 5.46. The molecule has 21 heavy (non-hydrogen) atoms. The molecule has 4 nitrogen and oxygen atoms in total. The number of benzene rings is 1. The highest BCUT2D eigenvalue weighted by Crippen LogP contribution is 2.37. The van der Waals surface area contributed by atoms with E-state index < -0.39 is 0 Å². The maximum atomic E-state index is 6.41. The van der Waals surface area contributed by atoms with E-state index in [0.717, 1.165) is 61.1 Å². The molecule has 110 valence electrons. The third kappa shape index (κ3) is 2.24. The molecule has 2 aromatic heterocycles. The number of hydrogen-bond acceptors (Lipinski definition) is 4. The second-order valence-corrected chi connectivity index (χ2v) is 5.84. The molecule has 1 aliphatic rings. The molecule has 0 aliphatic carbocycles. The molecule has 1 aliphatic heterocycles. The van der Waals surface area contributed by atoms with E-state index in [-0.39, 0.29) is 0 Å². The van der Waals surface area contributed by atoms with E-state index in [2.05, 4.69) is 10.2 Å². The summed E-state index contributed by atoms with van der Waals surface area (Å²) < 4.78 is 11.3. The van der Waals surface area contributed by atoms with E-state index >= 15 is 0 Å². The molecule has 0 saturated carbocycles. The number of halogens is 1. The first-order valence-electron chi connectivity index (χ1n) is 7.32. The van der Waals surface area contributed by atoms with Crippen LogP contribution in [0, 0.1) is 0 Å². The van der Waals surface area contributed by atoms with Gasteiger partial charge in [-0.3, -0.25) is 0 Å². The number of furan rings is 2. The van der Waals surface area contributed by atoms with Gasteiger partial charge in [0.15, 0.2) is 5.58 Å². The average molecular weight is 305 g/mol. The predicted molar refractivity (Wildman–Crippen MR) is 84.0 cm³/mol. The lowest BCUT2D eigenvalue weighted by atomic mass is 10.0. The maximum absolute atomic E-state index is 6.41. The Kier molecular flexibility index (Phi) is 3.37. The average Bonchev–Trinajstić information content (AvgIpc) is 3.17. The number of hydrogen-bond donors (Lipinski definition) is 1. The number of rotatable bonds is 3. The topological polar surface area (TPSA) is 41.6 Å². The van der Waals surface area contributed by atoms with Crippen LogP contribution in [0.5, 0.6) is 0 Å². The Labute approximate surface area is 127 Å². The van der Waals surface area contributed by atoms with Crippen LogP contribution in [-0.2, 0) is 6.42 Å². The highest BCUT2D eigenvalue weighted by atomic mass is 35.5. The first kappa shape index (κ1) is 13.2. The minimum Gasteiger partial charge on any atom is -0.464 e. The summed E-state index contributed by atoms with van der Waals surface area (Å²) in [6.07, 6.45) is 4.34. The Morgan fingerprint density at radius 1 is 1.05 bits per heavy atom. The van der Waals surface area contributed by atoms with Gasteiger partial charge in [-0.1, -0.05) is 11.6 Å².